The maximum Gasteiger partial charge on any atom is 0.191 e. The Morgan fingerprint density at radius 3 is 2.75 bits per heavy atom. The molecule has 5 nitrogen and oxygen atoms in total. The van der Waals surface area contributed by atoms with E-state index in [2.05, 4.69) is 56.7 Å². The maximum atomic E-state index is 13.4. The summed E-state index contributed by atoms with van der Waals surface area (Å²) in [5, 5.41) is 16.9. The van der Waals surface area contributed by atoms with Gasteiger partial charge in [-0.2, -0.15) is 0 Å². The second-order valence-corrected chi connectivity index (χ2v) is 6.36. The molecule has 0 saturated carbocycles. The molecule has 3 N–H and O–H groups in total. The number of fused-ring (bicyclic) bond motifs is 1. The van der Waals surface area contributed by atoms with Gasteiger partial charge in [-0.25, -0.2) is 4.39 Å². The van der Waals surface area contributed by atoms with Crippen molar-refractivity contribution in [1.82, 2.24) is 15.2 Å². The third kappa shape index (κ3) is 5.68. The topological polar surface area (TPSA) is 61.6 Å². The molecule has 0 aliphatic heterocycles. The Morgan fingerprint density at radius 1 is 1.14 bits per heavy atom. The molecule has 0 fully saturated rings. The van der Waals surface area contributed by atoms with Crippen molar-refractivity contribution in [2.45, 2.75) is 26.1 Å². The molecule has 0 radical (unpaired) electrons. The lowest BCUT2D eigenvalue weighted by Gasteiger charge is -2.13. The molecular formula is C21H26FIN4O. The molecule has 3 rings (SSSR count). The number of nitrogens with zero attached hydrogens (tertiary/aromatic N) is 2. The fourth-order valence-corrected chi connectivity index (χ4v) is 3.06. The molecule has 0 saturated heterocycles. The highest BCUT2D eigenvalue weighted by Crippen LogP contribution is 2.15. The van der Waals surface area contributed by atoms with Gasteiger partial charge >= 0.3 is 0 Å². The number of hydrogen-bond acceptors (Lipinski definition) is 2. The van der Waals surface area contributed by atoms with Crippen LogP contribution in [0.2, 0.25) is 0 Å². The molecule has 0 atom stereocenters. The van der Waals surface area contributed by atoms with Crippen molar-refractivity contribution < 1.29 is 9.50 Å². The summed E-state index contributed by atoms with van der Waals surface area (Å²) in [7, 11) is 1.72. The smallest absolute Gasteiger partial charge is 0.191 e. The van der Waals surface area contributed by atoms with E-state index in [0.29, 0.717) is 18.1 Å². The fraction of sp³-hybridized carbons (Fsp3) is 0.286. The normalized spacial score (nSPS) is 11.3. The van der Waals surface area contributed by atoms with E-state index in [1.165, 1.54) is 17.0 Å². The van der Waals surface area contributed by atoms with Crippen LogP contribution in [0, 0.1) is 5.82 Å². The third-order valence-electron chi connectivity index (χ3n) is 4.51. The molecule has 28 heavy (non-hydrogen) atoms. The van der Waals surface area contributed by atoms with Crippen LogP contribution in [0.25, 0.3) is 10.9 Å². The summed E-state index contributed by atoms with van der Waals surface area (Å²) in [6.45, 7) is 1.92. The molecule has 0 aliphatic carbocycles. The van der Waals surface area contributed by atoms with Gasteiger partial charge in [0.15, 0.2) is 5.96 Å². The summed E-state index contributed by atoms with van der Waals surface area (Å²) in [6.07, 6.45) is 3.08. The van der Waals surface area contributed by atoms with Gasteiger partial charge in [0.25, 0.3) is 0 Å². The summed E-state index contributed by atoms with van der Waals surface area (Å²) < 4.78 is 15.7. The van der Waals surface area contributed by atoms with Crippen molar-refractivity contribution in [3.05, 3.63) is 71.7 Å². The Morgan fingerprint density at radius 2 is 1.96 bits per heavy atom. The molecule has 0 amide bonds. The van der Waals surface area contributed by atoms with Crippen LogP contribution in [-0.4, -0.2) is 29.2 Å². The lowest BCUT2D eigenvalue weighted by Crippen LogP contribution is -2.37. The zero-order valence-electron chi connectivity index (χ0n) is 15.9. The highest BCUT2D eigenvalue weighted by Gasteiger charge is 2.04. The van der Waals surface area contributed by atoms with Gasteiger partial charge in [0.05, 0.1) is 6.61 Å². The zero-order chi connectivity index (χ0) is 19.1. The maximum absolute atomic E-state index is 13.4. The van der Waals surface area contributed by atoms with E-state index in [4.69, 9.17) is 5.11 Å². The molecule has 1 heterocycles. The van der Waals surface area contributed by atoms with Crippen LogP contribution in [0.15, 0.2) is 59.7 Å². The number of aromatic nitrogens is 1. The number of rotatable bonds is 7. The first kappa shape index (κ1) is 22.2. The quantitative estimate of drug-likeness (QED) is 0.203. The first-order chi connectivity index (χ1) is 13.2. The van der Waals surface area contributed by atoms with E-state index in [1.807, 2.05) is 0 Å². The van der Waals surface area contributed by atoms with Crippen molar-refractivity contribution in [1.29, 1.82) is 0 Å². The largest absolute Gasteiger partial charge is 0.392 e. The predicted molar refractivity (Wildman–Crippen MR) is 122 cm³/mol. The Hall–Kier alpha value is -2.13. The monoisotopic (exact) mass is 496 g/mol. The first-order valence-corrected chi connectivity index (χ1v) is 9.08. The Labute approximate surface area is 181 Å². The number of aliphatic hydroxyl groups excluding tert-OH is 1. The number of hydrogen-bond donors (Lipinski definition) is 3. The van der Waals surface area contributed by atoms with Gasteiger partial charge in [-0.15, -0.1) is 24.0 Å². The highest BCUT2D eigenvalue weighted by molar-refractivity contribution is 14.0. The molecule has 7 heteroatoms. The third-order valence-corrected chi connectivity index (χ3v) is 4.51. The van der Waals surface area contributed by atoms with Crippen LogP contribution in [0.3, 0.4) is 0 Å². The number of guanidine groups is 1. The number of para-hydroxylation sites is 1. The molecule has 3 aromatic rings. The minimum Gasteiger partial charge on any atom is -0.392 e. The standard InChI is InChI=1S/C21H25FN4O.HI/c1-23-21(25-14-16-7-8-19(22)18(13-16)15-27)24-10-4-11-26-12-9-17-5-2-3-6-20(17)26;/h2-3,5-9,12-13,27H,4,10-11,14-15H2,1H3,(H2,23,24,25);1H. The fourth-order valence-electron chi connectivity index (χ4n) is 3.06. The van der Waals surface area contributed by atoms with Crippen LogP contribution >= 0.6 is 24.0 Å². The predicted octanol–water partition coefficient (Wildman–Crippen LogP) is 3.65. The summed E-state index contributed by atoms with van der Waals surface area (Å²) >= 11 is 0. The Kier molecular flexibility index (Phi) is 8.72. The van der Waals surface area contributed by atoms with Gasteiger partial charge in [0, 0.05) is 44.0 Å². The lowest BCUT2D eigenvalue weighted by atomic mass is 10.1. The number of benzene rings is 2. The zero-order valence-corrected chi connectivity index (χ0v) is 18.2. The van der Waals surface area contributed by atoms with Gasteiger partial charge in [-0.3, -0.25) is 4.99 Å². The van der Waals surface area contributed by atoms with E-state index in [9.17, 15) is 4.39 Å². The van der Waals surface area contributed by atoms with Crippen LogP contribution in [0.1, 0.15) is 17.5 Å². The van der Waals surface area contributed by atoms with Crippen molar-refractivity contribution in [2.75, 3.05) is 13.6 Å². The van der Waals surface area contributed by atoms with E-state index in [-0.39, 0.29) is 36.4 Å². The van der Waals surface area contributed by atoms with Gasteiger partial charge < -0.3 is 20.3 Å². The van der Waals surface area contributed by atoms with Gasteiger partial charge in [-0.05, 0) is 41.6 Å². The van der Waals surface area contributed by atoms with Crippen LogP contribution in [0.5, 0.6) is 0 Å². The SMILES string of the molecule is CN=C(NCCCn1ccc2ccccc21)NCc1ccc(F)c(CO)c1.I. The second-order valence-electron chi connectivity index (χ2n) is 6.36. The molecule has 1 aromatic heterocycles. The number of nitrogens with one attached hydrogen (secondary N) is 2. The first-order valence-electron chi connectivity index (χ1n) is 9.08. The van der Waals surface area contributed by atoms with Crippen molar-refractivity contribution in [2.24, 2.45) is 4.99 Å². The molecule has 0 unspecified atom stereocenters. The summed E-state index contributed by atoms with van der Waals surface area (Å²) in [5.41, 5.74) is 2.44. The minimum absolute atomic E-state index is 0. The summed E-state index contributed by atoms with van der Waals surface area (Å²) in [5.74, 6) is 0.309. The molecule has 150 valence electrons. The van der Waals surface area contributed by atoms with E-state index >= 15 is 0 Å². The Balaban J connectivity index is 0.00000280. The average molecular weight is 496 g/mol. The van der Waals surface area contributed by atoms with Gasteiger partial charge in [0.2, 0.25) is 0 Å². The van der Waals surface area contributed by atoms with Gasteiger partial charge in [-0.1, -0.05) is 24.3 Å². The van der Waals surface area contributed by atoms with Crippen LogP contribution in [0.4, 0.5) is 4.39 Å². The molecule has 0 bridgehead atoms. The van der Waals surface area contributed by atoms with E-state index in [1.54, 1.807) is 19.2 Å². The number of aryl methyl sites for hydroxylation is 1. The van der Waals surface area contributed by atoms with Crippen LogP contribution in [-0.2, 0) is 19.7 Å². The van der Waals surface area contributed by atoms with Crippen molar-refractivity contribution >= 4 is 40.8 Å². The summed E-state index contributed by atoms with van der Waals surface area (Å²) in [4.78, 5) is 4.21. The van der Waals surface area contributed by atoms with Crippen LogP contribution < -0.4 is 10.6 Å². The van der Waals surface area contributed by atoms with Crippen molar-refractivity contribution in [3.8, 4) is 0 Å². The number of halogens is 2. The minimum atomic E-state index is -0.388. The van der Waals surface area contributed by atoms with Crippen molar-refractivity contribution in [3.63, 3.8) is 0 Å². The number of aliphatic hydroxyl groups is 1. The van der Waals surface area contributed by atoms with Gasteiger partial charge in [0.1, 0.15) is 5.82 Å². The highest BCUT2D eigenvalue weighted by atomic mass is 127. The number of aliphatic imine (C=N–C) groups is 1. The van der Waals surface area contributed by atoms with E-state index in [0.717, 1.165) is 25.1 Å². The molecule has 0 spiro atoms. The second kappa shape index (κ2) is 11.0. The summed E-state index contributed by atoms with van der Waals surface area (Å²) in [6, 6.07) is 15.2. The molecule has 2 aromatic carbocycles. The average Bonchev–Trinajstić information content (AvgIpc) is 3.11. The lowest BCUT2D eigenvalue weighted by molar-refractivity contribution is 0.275. The molecule has 0 aliphatic rings. The Bertz CT molecular complexity index is 926. The molecular weight excluding hydrogens is 470 g/mol. The van der Waals surface area contributed by atoms with E-state index < -0.39 is 0 Å².